The van der Waals surface area contributed by atoms with E-state index in [9.17, 15) is 14.0 Å². The summed E-state index contributed by atoms with van der Waals surface area (Å²) in [5.41, 5.74) is 5.77. The molecule has 0 aliphatic heterocycles. The third kappa shape index (κ3) is 4.78. The van der Waals surface area contributed by atoms with Gasteiger partial charge in [0.15, 0.2) is 0 Å². The number of nitrogens with one attached hydrogen (secondary N) is 2. The molecule has 148 valence electrons. The average Bonchev–Trinajstić information content (AvgIpc) is 2.97. The maximum Gasteiger partial charge on any atom is 0.329 e. The molecule has 29 heavy (non-hydrogen) atoms. The molecule has 3 rings (SSSR count). The van der Waals surface area contributed by atoms with E-state index in [0.29, 0.717) is 0 Å². The molecule has 1 aromatic heterocycles. The summed E-state index contributed by atoms with van der Waals surface area (Å²) in [5, 5.41) is 6.05. The smallest absolute Gasteiger partial charge is 0.318 e. The third-order valence-electron chi connectivity index (χ3n) is 4.23. The summed E-state index contributed by atoms with van der Waals surface area (Å²) >= 11 is 3.47. The molecule has 0 spiro atoms. The largest absolute Gasteiger partial charge is 0.329 e. The molecule has 1 heterocycles. The number of rotatable bonds is 4. The van der Waals surface area contributed by atoms with Crippen LogP contribution < -0.4 is 10.7 Å². The first kappa shape index (κ1) is 20.5. The van der Waals surface area contributed by atoms with Gasteiger partial charge in [0.1, 0.15) is 5.82 Å². The van der Waals surface area contributed by atoms with Crippen LogP contribution in [0.2, 0.25) is 0 Å². The van der Waals surface area contributed by atoms with Gasteiger partial charge in [-0.05, 0) is 50.2 Å². The number of benzene rings is 2. The average molecular weight is 457 g/mol. The van der Waals surface area contributed by atoms with E-state index in [2.05, 4.69) is 36.3 Å². The molecule has 0 aliphatic carbocycles. The second-order valence-corrected chi connectivity index (χ2v) is 7.19. The van der Waals surface area contributed by atoms with Crippen molar-refractivity contribution in [1.82, 2.24) is 9.99 Å². The van der Waals surface area contributed by atoms with Crippen LogP contribution in [0.25, 0.3) is 5.69 Å². The Hall–Kier alpha value is -3.26. The molecule has 2 amide bonds. The van der Waals surface area contributed by atoms with Crippen LogP contribution in [0.1, 0.15) is 17.0 Å². The third-order valence-corrected chi connectivity index (χ3v) is 4.73. The molecule has 3 aromatic rings. The van der Waals surface area contributed by atoms with Gasteiger partial charge in [-0.3, -0.25) is 9.59 Å². The molecule has 2 aromatic carbocycles. The molecule has 0 radical (unpaired) electrons. The fourth-order valence-electron chi connectivity index (χ4n) is 2.88. The maximum absolute atomic E-state index is 13.6. The highest BCUT2D eigenvalue weighted by molar-refractivity contribution is 9.10. The van der Waals surface area contributed by atoms with Crippen molar-refractivity contribution in [3.63, 3.8) is 0 Å². The first-order chi connectivity index (χ1) is 13.9. The molecule has 8 heteroatoms. The molecule has 6 nitrogen and oxygen atoms in total. The number of carbonyl (C=O) groups excluding carboxylic acids is 2. The van der Waals surface area contributed by atoms with Crippen molar-refractivity contribution in [3.05, 3.63) is 81.8 Å². The number of carbonyl (C=O) groups is 2. The van der Waals surface area contributed by atoms with Crippen molar-refractivity contribution in [2.75, 3.05) is 5.32 Å². The predicted octanol–water partition coefficient (Wildman–Crippen LogP) is 4.08. The van der Waals surface area contributed by atoms with E-state index in [0.717, 1.165) is 27.1 Å². The number of amides is 2. The van der Waals surface area contributed by atoms with E-state index in [1.807, 2.05) is 44.2 Å². The molecule has 0 atom stereocenters. The van der Waals surface area contributed by atoms with E-state index < -0.39 is 17.6 Å². The zero-order chi connectivity index (χ0) is 21.0. The zero-order valence-corrected chi connectivity index (χ0v) is 17.3. The molecule has 2 N–H and O–H groups in total. The van der Waals surface area contributed by atoms with Crippen LogP contribution in [0.4, 0.5) is 10.1 Å². The van der Waals surface area contributed by atoms with E-state index in [4.69, 9.17) is 0 Å². The molecule has 0 fully saturated rings. The van der Waals surface area contributed by atoms with Crippen LogP contribution in [0.15, 0.2) is 64.2 Å². The predicted molar refractivity (Wildman–Crippen MR) is 114 cm³/mol. The summed E-state index contributed by atoms with van der Waals surface area (Å²) < 4.78 is 16.6. The highest BCUT2D eigenvalue weighted by atomic mass is 79.9. The summed E-state index contributed by atoms with van der Waals surface area (Å²) in [6, 6.07) is 15.4. The van der Waals surface area contributed by atoms with Gasteiger partial charge < -0.3 is 9.88 Å². The van der Waals surface area contributed by atoms with Crippen molar-refractivity contribution in [1.29, 1.82) is 0 Å². The quantitative estimate of drug-likeness (QED) is 0.352. The molecule has 0 aliphatic rings. The Balaban J connectivity index is 1.69. The van der Waals surface area contributed by atoms with Gasteiger partial charge in [-0.2, -0.15) is 5.10 Å². The molecule has 0 bridgehead atoms. The van der Waals surface area contributed by atoms with Gasteiger partial charge in [-0.1, -0.05) is 34.1 Å². The van der Waals surface area contributed by atoms with Crippen LogP contribution >= 0.6 is 15.9 Å². The highest BCUT2D eigenvalue weighted by Crippen LogP contribution is 2.22. The molecule has 0 saturated heterocycles. The van der Waals surface area contributed by atoms with E-state index in [-0.39, 0.29) is 5.69 Å². The van der Waals surface area contributed by atoms with Crippen LogP contribution in [0.3, 0.4) is 0 Å². The van der Waals surface area contributed by atoms with Crippen molar-refractivity contribution in [3.8, 4) is 5.69 Å². The van der Waals surface area contributed by atoms with Gasteiger partial charge >= 0.3 is 11.8 Å². The lowest BCUT2D eigenvalue weighted by atomic mass is 10.2. The lowest BCUT2D eigenvalue weighted by Crippen LogP contribution is -2.32. The first-order valence-corrected chi connectivity index (χ1v) is 9.50. The Morgan fingerprint density at radius 3 is 2.55 bits per heavy atom. The number of hydrogen-bond donors (Lipinski definition) is 2. The Morgan fingerprint density at radius 2 is 1.83 bits per heavy atom. The minimum absolute atomic E-state index is 0.0748. The highest BCUT2D eigenvalue weighted by Gasteiger charge is 2.15. The molecular formula is C21H18BrFN4O2. The summed E-state index contributed by atoms with van der Waals surface area (Å²) in [7, 11) is 0. The van der Waals surface area contributed by atoms with Gasteiger partial charge in [0.05, 0.1) is 11.9 Å². The van der Waals surface area contributed by atoms with E-state index in [1.165, 1.54) is 24.4 Å². The Labute approximate surface area is 175 Å². The number of hydrazone groups is 1. The lowest BCUT2D eigenvalue weighted by Gasteiger charge is -2.09. The van der Waals surface area contributed by atoms with Gasteiger partial charge in [-0.25, -0.2) is 9.82 Å². The molecule has 0 saturated carbocycles. The minimum atomic E-state index is -1.01. The maximum atomic E-state index is 13.6. The normalized spacial score (nSPS) is 10.9. The van der Waals surface area contributed by atoms with Crippen LogP contribution in [-0.4, -0.2) is 22.6 Å². The lowest BCUT2D eigenvalue weighted by molar-refractivity contribution is -0.136. The number of hydrogen-bond acceptors (Lipinski definition) is 3. The number of aryl methyl sites for hydroxylation is 1. The second kappa shape index (κ2) is 8.83. The Bertz CT molecular complexity index is 1110. The summed E-state index contributed by atoms with van der Waals surface area (Å²) in [6.07, 6.45) is 1.46. The second-order valence-electron chi connectivity index (χ2n) is 6.27. The van der Waals surface area contributed by atoms with E-state index in [1.54, 1.807) is 6.07 Å². The standard InChI is InChI=1S/C21H18BrFN4O2/c1-13-10-15(14(2)27(13)17-7-5-6-16(22)11-17)12-24-26-21(29)20(28)25-19-9-4-3-8-18(19)23/h3-12H,1-2H3,(H,25,28)(H,26,29)/b24-12-. The fourth-order valence-corrected chi connectivity index (χ4v) is 3.27. The van der Waals surface area contributed by atoms with Gasteiger partial charge in [0.2, 0.25) is 0 Å². The topological polar surface area (TPSA) is 75.5 Å². The van der Waals surface area contributed by atoms with Gasteiger partial charge in [0, 0.05) is 27.1 Å². The SMILES string of the molecule is Cc1cc(/C=N\NC(=O)C(=O)Nc2ccccc2F)c(C)n1-c1cccc(Br)c1. The number of halogens is 2. The van der Waals surface area contributed by atoms with Crippen molar-refractivity contribution in [2.24, 2.45) is 5.10 Å². The van der Waals surface area contributed by atoms with E-state index >= 15 is 0 Å². The van der Waals surface area contributed by atoms with Crippen molar-refractivity contribution in [2.45, 2.75) is 13.8 Å². The van der Waals surface area contributed by atoms with Crippen molar-refractivity contribution < 1.29 is 14.0 Å². The Morgan fingerprint density at radius 1 is 1.07 bits per heavy atom. The molecule has 0 unspecified atom stereocenters. The number of para-hydroxylation sites is 1. The zero-order valence-electron chi connectivity index (χ0n) is 15.7. The number of nitrogens with zero attached hydrogens (tertiary/aromatic N) is 2. The van der Waals surface area contributed by atoms with Crippen LogP contribution in [0, 0.1) is 19.7 Å². The number of anilines is 1. The monoisotopic (exact) mass is 456 g/mol. The first-order valence-electron chi connectivity index (χ1n) is 8.70. The Kier molecular flexibility index (Phi) is 6.23. The summed E-state index contributed by atoms with van der Waals surface area (Å²) in [4.78, 5) is 23.8. The fraction of sp³-hybridized carbons (Fsp3) is 0.0952. The van der Waals surface area contributed by atoms with Gasteiger partial charge in [0.25, 0.3) is 0 Å². The minimum Gasteiger partial charge on any atom is -0.318 e. The summed E-state index contributed by atoms with van der Waals surface area (Å²) in [6.45, 7) is 3.90. The molecular weight excluding hydrogens is 439 g/mol. The van der Waals surface area contributed by atoms with Crippen LogP contribution in [-0.2, 0) is 9.59 Å². The number of aromatic nitrogens is 1. The van der Waals surface area contributed by atoms with Crippen molar-refractivity contribution >= 4 is 39.6 Å². The van der Waals surface area contributed by atoms with Crippen LogP contribution in [0.5, 0.6) is 0 Å². The summed E-state index contributed by atoms with van der Waals surface area (Å²) in [5.74, 6) is -2.63. The van der Waals surface area contributed by atoms with Gasteiger partial charge in [-0.15, -0.1) is 0 Å².